The van der Waals surface area contributed by atoms with Gasteiger partial charge in [-0.2, -0.15) is 0 Å². The van der Waals surface area contributed by atoms with Gasteiger partial charge in [-0.05, 0) is 122 Å². The number of hydrogen-bond donors (Lipinski definition) is 1. The van der Waals surface area contributed by atoms with Crippen molar-refractivity contribution in [1.82, 2.24) is 29.6 Å². The van der Waals surface area contributed by atoms with E-state index in [2.05, 4.69) is 24.7 Å². The zero-order valence-corrected chi connectivity index (χ0v) is 43.6. The predicted molar refractivity (Wildman–Crippen MR) is 262 cm³/mol. The second-order valence-corrected chi connectivity index (χ2v) is 22.4. The van der Waals surface area contributed by atoms with Crippen LogP contribution in [0, 0.1) is 0 Å². The van der Waals surface area contributed by atoms with Crippen molar-refractivity contribution in [2.75, 3.05) is 65.4 Å². The van der Waals surface area contributed by atoms with E-state index in [0.29, 0.717) is 94.3 Å². The third kappa shape index (κ3) is 20.7. The maximum Gasteiger partial charge on any atom is 0.338 e. The highest BCUT2D eigenvalue weighted by Crippen LogP contribution is 2.37. The molecule has 0 radical (unpaired) electrons. The van der Waals surface area contributed by atoms with Crippen molar-refractivity contribution in [3.8, 4) is 23.3 Å². The number of aliphatic carboxylic acids is 1. The van der Waals surface area contributed by atoms with Crippen LogP contribution in [0.2, 0.25) is 0 Å². The molecular formula is C52H80N6O10. The molecule has 4 rings (SSSR count). The van der Waals surface area contributed by atoms with Gasteiger partial charge >= 0.3 is 17.9 Å². The summed E-state index contributed by atoms with van der Waals surface area (Å²) in [6.45, 7) is 33.3. The average Bonchev–Trinajstić information content (AvgIpc) is 3.17. The Balaban J connectivity index is 1.76. The van der Waals surface area contributed by atoms with Crippen LogP contribution < -0.4 is 18.9 Å². The zero-order valence-electron chi connectivity index (χ0n) is 43.6. The Labute approximate surface area is 405 Å². The number of benzene rings is 2. The minimum atomic E-state index is -0.937. The van der Waals surface area contributed by atoms with Gasteiger partial charge in [0, 0.05) is 65.4 Å². The number of aromatic nitrogens is 2. The third-order valence-corrected chi connectivity index (χ3v) is 9.95. The summed E-state index contributed by atoms with van der Waals surface area (Å²) in [4.78, 5) is 57.2. The largest absolute Gasteiger partial charge is 0.488 e. The molecule has 378 valence electrons. The van der Waals surface area contributed by atoms with E-state index in [1.54, 1.807) is 12.1 Å². The zero-order chi connectivity index (χ0) is 50.7. The van der Waals surface area contributed by atoms with Gasteiger partial charge in [0.05, 0.1) is 29.8 Å². The molecule has 68 heavy (non-hydrogen) atoms. The Morgan fingerprint density at radius 1 is 0.544 bits per heavy atom. The average molecular weight is 949 g/mol. The molecular weight excluding hydrogens is 869 g/mol. The summed E-state index contributed by atoms with van der Waals surface area (Å²) in [6.07, 6.45) is 1.44. The summed E-state index contributed by atoms with van der Waals surface area (Å²) in [5.74, 6) is -0.0497. The molecule has 0 saturated carbocycles. The second-order valence-electron chi connectivity index (χ2n) is 22.4. The van der Waals surface area contributed by atoms with Gasteiger partial charge in [-0.15, -0.1) is 0 Å². The minimum Gasteiger partial charge on any atom is -0.488 e. The van der Waals surface area contributed by atoms with Gasteiger partial charge in [-0.1, -0.05) is 30.3 Å². The van der Waals surface area contributed by atoms with Crippen molar-refractivity contribution in [3.63, 3.8) is 0 Å². The number of carboxylic acids is 1. The summed E-state index contributed by atoms with van der Waals surface area (Å²) in [6, 6.07) is 12.9. The molecule has 1 saturated heterocycles. The van der Waals surface area contributed by atoms with Crippen molar-refractivity contribution in [3.05, 3.63) is 71.0 Å². The fourth-order valence-electron chi connectivity index (χ4n) is 7.22. The lowest BCUT2D eigenvalue weighted by Gasteiger charge is -2.35. The Bertz CT molecular complexity index is 2040. The number of carboxylic acid groups (broad SMARTS) is 1. The number of hydrogen-bond acceptors (Lipinski definition) is 15. The third-order valence-electron chi connectivity index (χ3n) is 9.95. The maximum atomic E-state index is 13.7. The molecule has 0 atom stereocenters. The van der Waals surface area contributed by atoms with Crippen LogP contribution in [0.4, 0.5) is 0 Å². The van der Waals surface area contributed by atoms with E-state index in [1.807, 2.05) is 139 Å². The van der Waals surface area contributed by atoms with E-state index in [0.717, 1.165) is 11.1 Å². The van der Waals surface area contributed by atoms with Crippen LogP contribution >= 0.6 is 0 Å². The first-order valence-corrected chi connectivity index (χ1v) is 23.7. The molecule has 2 heterocycles. The smallest absolute Gasteiger partial charge is 0.338 e. The van der Waals surface area contributed by atoms with Crippen LogP contribution in [0.15, 0.2) is 48.8 Å². The van der Waals surface area contributed by atoms with Crippen LogP contribution in [0.3, 0.4) is 0 Å². The number of carbonyl (C=O) groups excluding carboxylic acids is 2. The van der Waals surface area contributed by atoms with E-state index in [-0.39, 0.29) is 31.2 Å². The molecule has 1 fully saturated rings. The first-order valence-electron chi connectivity index (χ1n) is 23.7. The normalized spacial score (nSPS) is 16.0. The lowest BCUT2D eigenvalue weighted by molar-refractivity contribution is -0.156. The first kappa shape index (κ1) is 55.6. The lowest BCUT2D eigenvalue weighted by atomic mass is 10.1. The Kier molecular flexibility index (Phi) is 19.2. The molecule has 0 bridgehead atoms. The molecule has 1 aliphatic rings. The number of rotatable bonds is 15. The van der Waals surface area contributed by atoms with Crippen molar-refractivity contribution in [2.45, 2.75) is 152 Å². The fourth-order valence-corrected chi connectivity index (χ4v) is 7.22. The number of carbonyl (C=O) groups is 3. The van der Waals surface area contributed by atoms with E-state index < -0.39 is 39.9 Å². The summed E-state index contributed by atoms with van der Waals surface area (Å²) >= 11 is 0. The summed E-state index contributed by atoms with van der Waals surface area (Å²) in [7, 11) is 0. The SMILES string of the molecule is CC(C)(C)OC(=O)CN1CCN(Cc2c(OC(C)(C)C)cc(C(=O)OCc3ccccc3)cc2OC(C)(C)C)CCN(CC(=O)O)CCN(Cc2c(OC(C)(C)C)ncnc2OC(C)(C)C)CC1. The molecule has 3 aromatic rings. The first-order chi connectivity index (χ1) is 31.4. The maximum absolute atomic E-state index is 13.7. The predicted octanol–water partition coefficient (Wildman–Crippen LogP) is 7.89. The molecule has 0 spiro atoms. The quantitative estimate of drug-likeness (QED) is 0.146. The van der Waals surface area contributed by atoms with Crippen LogP contribution in [0.1, 0.15) is 131 Å². The van der Waals surface area contributed by atoms with Crippen LogP contribution in [-0.2, 0) is 38.8 Å². The van der Waals surface area contributed by atoms with Crippen molar-refractivity contribution in [2.24, 2.45) is 0 Å². The topological polar surface area (TPSA) is 166 Å². The molecule has 1 aromatic heterocycles. The van der Waals surface area contributed by atoms with E-state index in [4.69, 9.17) is 28.4 Å². The molecule has 1 N–H and O–H groups in total. The van der Waals surface area contributed by atoms with E-state index in [9.17, 15) is 19.5 Å². The lowest BCUT2D eigenvalue weighted by Crippen LogP contribution is -2.48. The Hall–Kier alpha value is -5.03. The summed E-state index contributed by atoms with van der Waals surface area (Å²) < 4.78 is 37.6. The van der Waals surface area contributed by atoms with Gasteiger partial charge in [0.25, 0.3) is 0 Å². The van der Waals surface area contributed by atoms with Crippen molar-refractivity contribution >= 4 is 17.9 Å². The monoisotopic (exact) mass is 949 g/mol. The van der Waals surface area contributed by atoms with Gasteiger partial charge in [-0.25, -0.2) is 14.8 Å². The number of esters is 2. The van der Waals surface area contributed by atoms with Gasteiger partial charge in [-0.3, -0.25) is 29.2 Å². The molecule has 16 heteroatoms. The minimum absolute atomic E-state index is 0.0475. The molecule has 0 aliphatic carbocycles. The van der Waals surface area contributed by atoms with Gasteiger partial charge < -0.3 is 33.5 Å². The van der Waals surface area contributed by atoms with Crippen LogP contribution in [-0.4, -0.2) is 146 Å². The molecule has 0 amide bonds. The highest BCUT2D eigenvalue weighted by atomic mass is 16.6. The van der Waals surface area contributed by atoms with Crippen molar-refractivity contribution < 1.29 is 47.9 Å². The Morgan fingerprint density at radius 2 is 0.956 bits per heavy atom. The molecule has 2 aromatic carbocycles. The summed E-state index contributed by atoms with van der Waals surface area (Å²) in [5.41, 5.74) is -0.554. The van der Waals surface area contributed by atoms with Crippen LogP contribution in [0.25, 0.3) is 0 Å². The van der Waals surface area contributed by atoms with Crippen molar-refractivity contribution in [1.29, 1.82) is 0 Å². The van der Waals surface area contributed by atoms with Gasteiger partial charge in [0.2, 0.25) is 11.8 Å². The highest BCUT2D eigenvalue weighted by Gasteiger charge is 2.30. The second kappa shape index (κ2) is 23.5. The standard InChI is InChI=1S/C52H80N6O10/c1-48(2,3)64-41-29-38(47(62)63-35-37-19-17-16-18-20-37)30-42(65-49(4,5)6)39(41)31-55-21-25-57(33-43(59)60)26-22-56(24-28-58(27-23-55)34-44(61)66-50(7,8)9)32-40-45(67-51(10,11)12)53-36-54-46(40)68-52(13,14)15/h16-20,29-30,36H,21-28,31-35H2,1-15H3,(H,59,60). The molecule has 1 aliphatic heterocycles. The molecule has 16 nitrogen and oxygen atoms in total. The van der Waals surface area contributed by atoms with E-state index in [1.165, 1.54) is 6.33 Å². The van der Waals surface area contributed by atoms with Gasteiger partial charge in [0.1, 0.15) is 52.4 Å². The number of nitrogens with zero attached hydrogens (tertiary/aromatic N) is 6. The van der Waals surface area contributed by atoms with Crippen LogP contribution in [0.5, 0.6) is 23.3 Å². The highest BCUT2D eigenvalue weighted by molar-refractivity contribution is 5.91. The summed E-state index contributed by atoms with van der Waals surface area (Å²) in [5, 5.41) is 10.2. The molecule has 0 unspecified atom stereocenters. The Morgan fingerprint density at radius 3 is 1.37 bits per heavy atom. The van der Waals surface area contributed by atoms with Gasteiger partial charge in [0.15, 0.2) is 0 Å². The number of ether oxygens (including phenoxy) is 6. The van der Waals surface area contributed by atoms with E-state index >= 15 is 0 Å². The fraction of sp³-hybridized carbons (Fsp3) is 0.635.